The predicted molar refractivity (Wildman–Crippen MR) is 72.4 cm³/mol. The molecule has 18 heavy (non-hydrogen) atoms. The fraction of sp³-hybridized carbons (Fsp3) is 0.538. The summed E-state index contributed by atoms with van der Waals surface area (Å²) < 4.78 is 0. The lowest BCUT2D eigenvalue weighted by atomic mass is 9.87. The van der Waals surface area contributed by atoms with Gasteiger partial charge in [0.25, 0.3) is 0 Å². The highest BCUT2D eigenvalue weighted by molar-refractivity contribution is 5.87. The van der Waals surface area contributed by atoms with Crippen LogP contribution in [0.5, 0.6) is 0 Å². The Morgan fingerprint density at radius 2 is 2.39 bits per heavy atom. The first-order chi connectivity index (χ1) is 8.79. The van der Waals surface area contributed by atoms with Gasteiger partial charge in [-0.15, -0.1) is 0 Å². The number of aromatic amines is 1. The largest absolute Gasteiger partial charge is 0.356 e. The molecule has 96 valence electrons. The van der Waals surface area contributed by atoms with Crippen LogP contribution < -0.4 is 10.6 Å². The predicted octanol–water partition coefficient (Wildman–Crippen LogP) is 1.38. The summed E-state index contributed by atoms with van der Waals surface area (Å²) in [6.45, 7) is 5.09. The third-order valence-electron chi connectivity index (χ3n) is 4.05. The Hall–Kier alpha value is -1.62. The Balaban J connectivity index is 1.93. The molecule has 3 rings (SSSR count). The number of fused-ring (bicyclic) bond motifs is 1. The second-order valence-corrected chi connectivity index (χ2v) is 5.14. The van der Waals surface area contributed by atoms with Gasteiger partial charge >= 0.3 is 0 Å². The lowest BCUT2D eigenvalue weighted by molar-refractivity contribution is 0.307. The molecule has 2 unspecified atom stereocenters. The van der Waals surface area contributed by atoms with Crippen LogP contribution in [0.1, 0.15) is 13.3 Å². The maximum absolute atomic E-state index is 5.86. The topological polar surface area (TPSA) is 70.8 Å². The zero-order valence-corrected chi connectivity index (χ0v) is 10.6. The van der Waals surface area contributed by atoms with Crippen molar-refractivity contribution in [2.24, 2.45) is 17.6 Å². The van der Waals surface area contributed by atoms with Crippen molar-refractivity contribution in [3.8, 4) is 0 Å². The molecular formula is C13H19N5. The Labute approximate surface area is 106 Å². The van der Waals surface area contributed by atoms with E-state index in [1.165, 1.54) is 6.42 Å². The summed E-state index contributed by atoms with van der Waals surface area (Å²) in [7, 11) is 0. The van der Waals surface area contributed by atoms with Gasteiger partial charge in [-0.1, -0.05) is 6.92 Å². The van der Waals surface area contributed by atoms with Crippen LogP contribution in [0.3, 0.4) is 0 Å². The zero-order valence-electron chi connectivity index (χ0n) is 10.6. The maximum Gasteiger partial charge on any atom is 0.142 e. The molecule has 0 bridgehead atoms. The smallest absolute Gasteiger partial charge is 0.142 e. The molecule has 2 atom stereocenters. The van der Waals surface area contributed by atoms with Gasteiger partial charge in [-0.3, -0.25) is 0 Å². The van der Waals surface area contributed by atoms with Crippen molar-refractivity contribution in [3.63, 3.8) is 0 Å². The fourth-order valence-electron chi connectivity index (χ4n) is 2.76. The third kappa shape index (κ3) is 1.84. The molecule has 3 N–H and O–H groups in total. The fourth-order valence-corrected chi connectivity index (χ4v) is 2.76. The molecule has 2 aromatic rings. The molecule has 0 spiro atoms. The Morgan fingerprint density at radius 3 is 3.22 bits per heavy atom. The number of hydrogen-bond donors (Lipinski definition) is 2. The first kappa shape index (κ1) is 11.5. The molecule has 1 aliphatic heterocycles. The van der Waals surface area contributed by atoms with Gasteiger partial charge < -0.3 is 15.6 Å². The summed E-state index contributed by atoms with van der Waals surface area (Å²) in [6.07, 6.45) is 4.72. The van der Waals surface area contributed by atoms with Crippen molar-refractivity contribution in [2.45, 2.75) is 13.3 Å². The third-order valence-corrected chi connectivity index (χ3v) is 4.05. The molecule has 0 aromatic carbocycles. The van der Waals surface area contributed by atoms with Crippen molar-refractivity contribution in [2.75, 3.05) is 24.5 Å². The Bertz CT molecular complexity index is 535. The summed E-state index contributed by atoms with van der Waals surface area (Å²) in [5.41, 5.74) is 6.77. The molecular weight excluding hydrogens is 226 g/mol. The lowest BCUT2D eigenvalue weighted by Gasteiger charge is -2.37. The summed E-state index contributed by atoms with van der Waals surface area (Å²) in [6, 6.07) is 2.04. The van der Waals surface area contributed by atoms with Crippen LogP contribution in [0.25, 0.3) is 11.0 Å². The Morgan fingerprint density at radius 1 is 1.50 bits per heavy atom. The van der Waals surface area contributed by atoms with Crippen LogP contribution in [-0.2, 0) is 0 Å². The van der Waals surface area contributed by atoms with E-state index in [-0.39, 0.29) is 0 Å². The zero-order chi connectivity index (χ0) is 12.5. The van der Waals surface area contributed by atoms with Gasteiger partial charge in [0.05, 0.1) is 5.39 Å². The normalized spacial score (nSPS) is 24.7. The van der Waals surface area contributed by atoms with Gasteiger partial charge in [0.2, 0.25) is 0 Å². The van der Waals surface area contributed by atoms with Crippen LogP contribution >= 0.6 is 0 Å². The van der Waals surface area contributed by atoms with Crippen molar-refractivity contribution < 1.29 is 0 Å². The first-order valence-corrected chi connectivity index (χ1v) is 6.52. The number of aromatic nitrogens is 3. The molecule has 0 radical (unpaired) electrons. The molecule has 0 saturated carbocycles. The van der Waals surface area contributed by atoms with Gasteiger partial charge in [-0.2, -0.15) is 0 Å². The van der Waals surface area contributed by atoms with E-state index in [2.05, 4.69) is 26.8 Å². The first-order valence-electron chi connectivity index (χ1n) is 6.52. The molecule has 0 aliphatic carbocycles. The standard InChI is InChI=1S/C13H19N5/c1-9-3-5-18(7-10(9)6-14)13-11-2-4-15-12(11)16-8-17-13/h2,4,8-10H,3,5-7,14H2,1H3,(H,15,16,17). The maximum atomic E-state index is 5.86. The second-order valence-electron chi connectivity index (χ2n) is 5.14. The van der Waals surface area contributed by atoms with Gasteiger partial charge in [0.15, 0.2) is 0 Å². The van der Waals surface area contributed by atoms with Crippen molar-refractivity contribution in [1.29, 1.82) is 0 Å². The van der Waals surface area contributed by atoms with Gasteiger partial charge in [0.1, 0.15) is 17.8 Å². The van der Waals surface area contributed by atoms with Crippen molar-refractivity contribution >= 4 is 16.9 Å². The van der Waals surface area contributed by atoms with E-state index in [1.807, 2.05) is 12.3 Å². The minimum absolute atomic E-state index is 0.558. The molecule has 1 aliphatic rings. The van der Waals surface area contributed by atoms with Crippen molar-refractivity contribution in [1.82, 2.24) is 15.0 Å². The van der Waals surface area contributed by atoms with Gasteiger partial charge in [-0.05, 0) is 30.9 Å². The quantitative estimate of drug-likeness (QED) is 0.838. The molecule has 1 fully saturated rings. The van der Waals surface area contributed by atoms with Crippen molar-refractivity contribution in [3.05, 3.63) is 18.6 Å². The van der Waals surface area contributed by atoms with Gasteiger partial charge in [-0.25, -0.2) is 9.97 Å². The average molecular weight is 245 g/mol. The summed E-state index contributed by atoms with van der Waals surface area (Å²) in [5, 5.41) is 1.10. The van der Waals surface area contributed by atoms with E-state index in [9.17, 15) is 0 Å². The minimum Gasteiger partial charge on any atom is -0.356 e. The Kier molecular flexibility index (Phi) is 2.91. The number of nitrogens with one attached hydrogen (secondary N) is 1. The summed E-state index contributed by atoms with van der Waals surface area (Å²) in [5.74, 6) is 2.30. The molecule has 3 heterocycles. The monoisotopic (exact) mass is 245 g/mol. The number of anilines is 1. The van der Waals surface area contributed by atoms with E-state index in [4.69, 9.17) is 5.73 Å². The highest BCUT2D eigenvalue weighted by atomic mass is 15.2. The number of piperidine rings is 1. The van der Waals surface area contributed by atoms with Crippen LogP contribution in [0.2, 0.25) is 0 Å². The highest BCUT2D eigenvalue weighted by Crippen LogP contribution is 2.29. The van der Waals surface area contributed by atoms with Gasteiger partial charge in [0, 0.05) is 19.3 Å². The molecule has 5 nitrogen and oxygen atoms in total. The van der Waals surface area contributed by atoms with E-state index in [0.717, 1.165) is 36.5 Å². The summed E-state index contributed by atoms with van der Waals surface area (Å²) in [4.78, 5) is 14.2. The number of rotatable bonds is 2. The van der Waals surface area contributed by atoms with E-state index in [1.54, 1.807) is 6.33 Å². The number of hydrogen-bond acceptors (Lipinski definition) is 4. The number of H-pyrrole nitrogens is 1. The number of nitrogens with two attached hydrogens (primary N) is 1. The van der Waals surface area contributed by atoms with Crippen LogP contribution in [0.15, 0.2) is 18.6 Å². The van der Waals surface area contributed by atoms with Crippen LogP contribution in [-0.4, -0.2) is 34.6 Å². The minimum atomic E-state index is 0.558. The highest BCUT2D eigenvalue weighted by Gasteiger charge is 2.26. The van der Waals surface area contributed by atoms with Crippen LogP contribution in [0.4, 0.5) is 5.82 Å². The molecule has 1 saturated heterocycles. The summed E-state index contributed by atoms with van der Waals surface area (Å²) >= 11 is 0. The number of nitrogens with zero attached hydrogens (tertiary/aromatic N) is 3. The van der Waals surface area contributed by atoms with E-state index < -0.39 is 0 Å². The van der Waals surface area contributed by atoms with Crippen LogP contribution in [0, 0.1) is 11.8 Å². The van der Waals surface area contributed by atoms with E-state index in [0.29, 0.717) is 11.8 Å². The molecule has 0 amide bonds. The second kappa shape index (κ2) is 4.57. The molecule has 2 aromatic heterocycles. The SMILES string of the molecule is CC1CCN(c2ncnc3[nH]ccc23)CC1CN. The lowest BCUT2D eigenvalue weighted by Crippen LogP contribution is -2.43. The van der Waals surface area contributed by atoms with E-state index >= 15 is 0 Å². The molecule has 5 heteroatoms. The average Bonchev–Trinajstić information content (AvgIpc) is 2.87.